The number of nitrogens with one attached hydrogen (secondary N) is 1. The lowest BCUT2D eigenvalue weighted by Crippen LogP contribution is -2.51. The second-order valence-electron chi connectivity index (χ2n) is 8.69. The van der Waals surface area contributed by atoms with Crippen LogP contribution in [0.5, 0.6) is 0 Å². The first-order valence-corrected chi connectivity index (χ1v) is 13.3. The van der Waals surface area contributed by atoms with Crippen molar-refractivity contribution in [1.82, 2.24) is 10.2 Å². The molecule has 190 valence electrons. The molecule has 2 amide bonds. The summed E-state index contributed by atoms with van der Waals surface area (Å²) in [7, 11) is -4.07. The van der Waals surface area contributed by atoms with Crippen molar-refractivity contribution in [3.63, 3.8) is 0 Å². The Morgan fingerprint density at radius 3 is 2.11 bits per heavy atom. The number of nitrogens with zero attached hydrogens (tertiary/aromatic N) is 2. The van der Waals surface area contributed by atoms with Gasteiger partial charge >= 0.3 is 0 Å². The average molecular weight is 508 g/mol. The first-order valence-electron chi connectivity index (χ1n) is 11.9. The van der Waals surface area contributed by atoms with Crippen molar-refractivity contribution in [2.45, 2.75) is 45.2 Å². The fourth-order valence-electron chi connectivity index (χ4n) is 3.88. The molecule has 1 unspecified atom stereocenters. The van der Waals surface area contributed by atoms with Gasteiger partial charge in [0.1, 0.15) is 12.6 Å². The van der Waals surface area contributed by atoms with Crippen molar-refractivity contribution in [2.75, 3.05) is 17.4 Å². The Morgan fingerprint density at radius 1 is 0.889 bits per heavy atom. The lowest BCUT2D eigenvalue weighted by Gasteiger charge is -2.32. The van der Waals surface area contributed by atoms with Crippen LogP contribution in [0.3, 0.4) is 0 Å². The largest absolute Gasteiger partial charge is 0.355 e. The molecule has 0 spiro atoms. The molecule has 3 aromatic rings. The molecule has 0 radical (unpaired) electrons. The van der Waals surface area contributed by atoms with Crippen LogP contribution in [0.4, 0.5) is 5.69 Å². The van der Waals surface area contributed by atoms with Gasteiger partial charge in [-0.25, -0.2) is 8.42 Å². The van der Waals surface area contributed by atoms with E-state index >= 15 is 0 Å². The predicted molar refractivity (Wildman–Crippen MR) is 142 cm³/mol. The number of carbonyl (C=O) groups is 2. The predicted octanol–water partition coefficient (Wildman–Crippen LogP) is 4.05. The summed E-state index contributed by atoms with van der Waals surface area (Å²) in [6.45, 7) is 7.29. The van der Waals surface area contributed by atoms with E-state index < -0.39 is 28.5 Å². The smallest absolute Gasteiger partial charge is 0.264 e. The Labute approximate surface area is 213 Å². The van der Waals surface area contributed by atoms with Crippen LogP contribution in [-0.4, -0.2) is 44.3 Å². The molecule has 3 rings (SSSR count). The van der Waals surface area contributed by atoms with Crippen molar-refractivity contribution in [3.8, 4) is 0 Å². The van der Waals surface area contributed by atoms with Gasteiger partial charge in [0.25, 0.3) is 10.0 Å². The quantitative estimate of drug-likeness (QED) is 0.449. The number of sulfonamides is 1. The van der Waals surface area contributed by atoms with E-state index in [1.54, 1.807) is 56.3 Å². The topological polar surface area (TPSA) is 86.8 Å². The van der Waals surface area contributed by atoms with E-state index in [1.165, 1.54) is 4.90 Å². The second-order valence-corrected chi connectivity index (χ2v) is 10.6. The average Bonchev–Trinajstić information content (AvgIpc) is 2.87. The Kier molecular flexibility index (Phi) is 8.88. The van der Waals surface area contributed by atoms with Crippen LogP contribution >= 0.6 is 0 Å². The second kappa shape index (κ2) is 11.9. The number of likely N-dealkylation sites (N-methyl/N-ethyl adjacent to an activating group) is 1. The van der Waals surface area contributed by atoms with E-state index in [9.17, 15) is 18.0 Å². The molecule has 0 aliphatic rings. The van der Waals surface area contributed by atoms with Gasteiger partial charge in [-0.3, -0.25) is 13.9 Å². The van der Waals surface area contributed by atoms with Gasteiger partial charge < -0.3 is 10.2 Å². The monoisotopic (exact) mass is 507 g/mol. The molecule has 1 atom stereocenters. The fraction of sp³-hybridized carbons (Fsp3) is 0.286. The zero-order valence-electron chi connectivity index (χ0n) is 21.1. The molecule has 0 bridgehead atoms. The highest BCUT2D eigenvalue weighted by atomic mass is 32.2. The minimum atomic E-state index is -4.07. The Balaban J connectivity index is 2.03. The van der Waals surface area contributed by atoms with Gasteiger partial charge in [0.05, 0.1) is 10.6 Å². The molecule has 1 N–H and O–H groups in total. The lowest BCUT2D eigenvalue weighted by molar-refractivity contribution is -0.139. The van der Waals surface area contributed by atoms with Gasteiger partial charge in [-0.05, 0) is 57.0 Å². The minimum Gasteiger partial charge on any atom is -0.355 e. The van der Waals surface area contributed by atoms with E-state index in [4.69, 9.17) is 0 Å². The summed E-state index contributed by atoms with van der Waals surface area (Å²) in [4.78, 5) is 28.0. The highest BCUT2D eigenvalue weighted by molar-refractivity contribution is 7.92. The van der Waals surface area contributed by atoms with Crippen LogP contribution < -0.4 is 9.62 Å². The highest BCUT2D eigenvalue weighted by Gasteiger charge is 2.32. The summed E-state index contributed by atoms with van der Waals surface area (Å²) in [5.41, 5.74) is 2.90. The maximum absolute atomic E-state index is 13.8. The molecule has 7 nitrogen and oxygen atoms in total. The first kappa shape index (κ1) is 26.9. The van der Waals surface area contributed by atoms with Gasteiger partial charge in [-0.15, -0.1) is 0 Å². The van der Waals surface area contributed by atoms with E-state index in [0.717, 1.165) is 15.4 Å². The van der Waals surface area contributed by atoms with Crippen molar-refractivity contribution in [3.05, 3.63) is 95.6 Å². The van der Waals surface area contributed by atoms with E-state index in [0.29, 0.717) is 17.8 Å². The molecule has 3 aromatic carbocycles. The summed E-state index contributed by atoms with van der Waals surface area (Å²) >= 11 is 0. The molecule has 0 saturated heterocycles. The third-order valence-corrected chi connectivity index (χ3v) is 7.76. The highest BCUT2D eigenvalue weighted by Crippen LogP contribution is 2.27. The number of carbonyl (C=O) groups excluding carboxylic acids is 2. The Bertz CT molecular complexity index is 1290. The maximum atomic E-state index is 13.8. The SMILES string of the molecule is CCNC(=O)C(C)N(Cc1ccccc1)C(=O)CN(c1ccccc1C)S(=O)(=O)c1ccc(C)cc1. The van der Waals surface area contributed by atoms with Crippen LogP contribution in [0.1, 0.15) is 30.5 Å². The van der Waals surface area contributed by atoms with Gasteiger partial charge in [-0.1, -0.05) is 66.2 Å². The zero-order valence-corrected chi connectivity index (χ0v) is 22.0. The van der Waals surface area contributed by atoms with Crippen LogP contribution in [0.15, 0.2) is 83.8 Å². The summed E-state index contributed by atoms with van der Waals surface area (Å²) in [5.74, 6) is -0.776. The number of benzene rings is 3. The summed E-state index contributed by atoms with van der Waals surface area (Å²) < 4.78 is 28.7. The zero-order chi connectivity index (χ0) is 26.3. The van der Waals surface area contributed by atoms with Gasteiger partial charge in [0.2, 0.25) is 11.8 Å². The maximum Gasteiger partial charge on any atom is 0.264 e. The van der Waals surface area contributed by atoms with Crippen LogP contribution in [0.2, 0.25) is 0 Å². The van der Waals surface area contributed by atoms with Gasteiger partial charge in [0, 0.05) is 13.1 Å². The van der Waals surface area contributed by atoms with Crippen molar-refractivity contribution in [2.24, 2.45) is 0 Å². The summed E-state index contributed by atoms with van der Waals surface area (Å²) in [6, 6.07) is 22.1. The van der Waals surface area contributed by atoms with Crippen molar-refractivity contribution < 1.29 is 18.0 Å². The van der Waals surface area contributed by atoms with Crippen LogP contribution in [-0.2, 0) is 26.2 Å². The molecule has 0 aliphatic carbocycles. The number of amides is 2. The fourth-order valence-corrected chi connectivity index (χ4v) is 5.36. The Morgan fingerprint density at radius 2 is 1.50 bits per heavy atom. The number of hydrogen-bond donors (Lipinski definition) is 1. The molecule has 0 saturated carbocycles. The van der Waals surface area contributed by atoms with Crippen molar-refractivity contribution >= 4 is 27.5 Å². The third-order valence-electron chi connectivity index (χ3n) is 5.99. The van der Waals surface area contributed by atoms with E-state index in [2.05, 4.69) is 5.32 Å². The standard InChI is InChI=1S/C28H33N3O4S/c1-5-29-28(33)23(4)30(19-24-12-7-6-8-13-24)27(32)20-31(26-14-10-9-11-22(26)3)36(34,35)25-17-15-21(2)16-18-25/h6-18,23H,5,19-20H2,1-4H3,(H,29,33). The molecule has 36 heavy (non-hydrogen) atoms. The van der Waals surface area contributed by atoms with Crippen LogP contribution in [0, 0.1) is 13.8 Å². The third kappa shape index (κ3) is 6.31. The van der Waals surface area contributed by atoms with Gasteiger partial charge in [-0.2, -0.15) is 0 Å². The number of anilines is 1. The molecular formula is C28H33N3O4S. The molecule has 0 aliphatic heterocycles. The molecular weight excluding hydrogens is 474 g/mol. The lowest BCUT2D eigenvalue weighted by atomic mass is 10.1. The molecule has 0 heterocycles. The van der Waals surface area contributed by atoms with Gasteiger partial charge in [0.15, 0.2) is 0 Å². The molecule has 8 heteroatoms. The number of aryl methyl sites for hydroxylation is 2. The number of hydrogen-bond acceptors (Lipinski definition) is 4. The summed E-state index contributed by atoms with van der Waals surface area (Å²) in [6.07, 6.45) is 0. The van der Waals surface area contributed by atoms with Crippen LogP contribution in [0.25, 0.3) is 0 Å². The van der Waals surface area contributed by atoms with Crippen molar-refractivity contribution in [1.29, 1.82) is 0 Å². The number of rotatable bonds is 10. The minimum absolute atomic E-state index is 0.0931. The molecule has 0 fully saturated rings. The molecule has 0 aromatic heterocycles. The Hall–Kier alpha value is -3.65. The number of para-hydroxylation sites is 1. The van der Waals surface area contributed by atoms with E-state index in [1.807, 2.05) is 50.2 Å². The normalized spacial score (nSPS) is 12.0. The van der Waals surface area contributed by atoms with E-state index in [-0.39, 0.29) is 17.3 Å². The first-order chi connectivity index (χ1) is 17.1. The summed E-state index contributed by atoms with van der Waals surface area (Å²) in [5, 5.41) is 2.76.